The number of hydrogen-bond acceptors (Lipinski definition) is 8. The molecule has 1 saturated heterocycles. The number of rotatable bonds is 6. The molecule has 0 unspecified atom stereocenters. The summed E-state index contributed by atoms with van der Waals surface area (Å²) in [6.45, 7) is 5.91. The Bertz CT molecular complexity index is 999. The van der Waals surface area contributed by atoms with Crippen LogP contribution in [0.2, 0.25) is 0 Å². The highest BCUT2D eigenvalue weighted by atomic mass is 32.2. The highest BCUT2D eigenvalue weighted by Gasteiger charge is 2.58. The molecule has 0 saturated carbocycles. The first kappa shape index (κ1) is 19.2. The van der Waals surface area contributed by atoms with Gasteiger partial charge < -0.3 is 24.6 Å². The molecule has 28 heavy (non-hydrogen) atoms. The lowest BCUT2D eigenvalue weighted by Crippen LogP contribution is -2.64. The molecular weight excluding hydrogens is 400 g/mol. The van der Waals surface area contributed by atoms with Crippen LogP contribution in [-0.2, 0) is 9.59 Å². The van der Waals surface area contributed by atoms with Crippen LogP contribution >= 0.6 is 23.1 Å². The quantitative estimate of drug-likeness (QED) is 0.710. The molecule has 1 N–H and O–H groups in total. The molecule has 0 bridgehead atoms. The first-order valence-electron chi connectivity index (χ1n) is 9.01. The number of aliphatic hydroxyl groups excluding tert-OH is 1. The Balaban J connectivity index is 1.67. The molecule has 1 aromatic heterocycles. The molecular formula is C19H19N2O5S2-. The summed E-state index contributed by atoms with van der Waals surface area (Å²) < 4.78 is 7.14. The van der Waals surface area contributed by atoms with Crippen LogP contribution in [0.3, 0.4) is 0 Å². The molecule has 1 aromatic carbocycles. The number of thioether (sulfide) groups is 1. The minimum atomic E-state index is -1.38. The number of β-lactam (4-membered cyclic amide) rings is 1. The molecule has 2 aromatic rings. The first-order chi connectivity index (χ1) is 13.3. The van der Waals surface area contributed by atoms with E-state index in [0.29, 0.717) is 15.9 Å². The number of nitrogens with zero attached hydrogens (tertiary/aromatic N) is 2. The number of amides is 1. The van der Waals surface area contributed by atoms with Crippen LogP contribution in [0.5, 0.6) is 5.75 Å². The monoisotopic (exact) mass is 419 g/mol. The van der Waals surface area contributed by atoms with Gasteiger partial charge in [0, 0.05) is 10.8 Å². The van der Waals surface area contributed by atoms with E-state index in [9.17, 15) is 19.8 Å². The fourth-order valence-corrected chi connectivity index (χ4v) is 6.29. The van der Waals surface area contributed by atoms with Crippen molar-refractivity contribution in [1.29, 1.82) is 0 Å². The Labute approximate surface area is 170 Å². The van der Waals surface area contributed by atoms with Gasteiger partial charge in [0.05, 0.1) is 46.6 Å². The van der Waals surface area contributed by atoms with Gasteiger partial charge in [-0.15, -0.1) is 11.3 Å². The molecule has 4 atom stereocenters. The maximum atomic E-state index is 12.4. The van der Waals surface area contributed by atoms with E-state index in [0.717, 1.165) is 16.0 Å². The van der Waals surface area contributed by atoms with E-state index in [1.807, 2.05) is 32.0 Å². The molecule has 0 aliphatic carbocycles. The lowest BCUT2D eigenvalue weighted by molar-refractivity contribution is -0.301. The number of ether oxygens (including phenoxy) is 1. The number of aliphatic carboxylic acids is 1. The summed E-state index contributed by atoms with van der Waals surface area (Å²) in [4.78, 5) is 30.5. The SMILES string of the molecule is CCOc1ccc2nc(SC3=C(C(=O)[O-])N4C(=O)[C@H]([C@@H](C)O)[C@H]4[C@H]3C)sc2c1. The van der Waals surface area contributed by atoms with Crippen LogP contribution in [-0.4, -0.2) is 45.6 Å². The summed E-state index contributed by atoms with van der Waals surface area (Å²) in [5.41, 5.74) is 0.706. The van der Waals surface area contributed by atoms with E-state index in [-0.39, 0.29) is 23.6 Å². The molecule has 2 aliphatic rings. The number of benzene rings is 1. The molecule has 1 fully saturated rings. The van der Waals surface area contributed by atoms with Gasteiger partial charge in [-0.1, -0.05) is 18.7 Å². The number of fused-ring (bicyclic) bond motifs is 2. The molecule has 4 rings (SSSR count). The molecule has 1 amide bonds. The van der Waals surface area contributed by atoms with Crippen molar-refractivity contribution in [3.8, 4) is 5.75 Å². The lowest BCUT2D eigenvalue weighted by Gasteiger charge is -2.47. The number of carboxylic acid groups (broad SMARTS) is 1. The standard InChI is InChI=1S/C19H20N2O5S2/c1-4-26-10-5-6-11-12(7-10)27-19(20-11)28-16-8(2)14-13(9(3)22)17(23)21(14)15(16)18(24)25/h5-9,13-14,22H,4H2,1-3H3,(H,24,25)/p-1/t8-,9-,13-,14-/m1/s1. The Morgan fingerprint density at radius 2 is 2.25 bits per heavy atom. The number of thiazole rings is 1. The van der Waals surface area contributed by atoms with Gasteiger partial charge in [0.15, 0.2) is 4.34 Å². The van der Waals surface area contributed by atoms with Crippen LogP contribution in [0.1, 0.15) is 20.8 Å². The van der Waals surface area contributed by atoms with Crippen molar-refractivity contribution in [1.82, 2.24) is 9.88 Å². The molecule has 0 spiro atoms. The number of aromatic nitrogens is 1. The summed E-state index contributed by atoms with van der Waals surface area (Å²) in [5.74, 6) is -1.80. The van der Waals surface area contributed by atoms with Gasteiger partial charge in [-0.25, -0.2) is 4.98 Å². The van der Waals surface area contributed by atoms with Crippen molar-refractivity contribution >= 4 is 45.2 Å². The molecule has 3 heterocycles. The third-order valence-electron chi connectivity index (χ3n) is 5.15. The summed E-state index contributed by atoms with van der Waals surface area (Å²) in [6.07, 6.45) is -0.831. The Morgan fingerprint density at radius 1 is 1.50 bits per heavy atom. The van der Waals surface area contributed by atoms with Crippen LogP contribution in [0.4, 0.5) is 0 Å². The van der Waals surface area contributed by atoms with Crippen LogP contribution < -0.4 is 9.84 Å². The predicted molar refractivity (Wildman–Crippen MR) is 104 cm³/mol. The average molecular weight is 420 g/mol. The van der Waals surface area contributed by atoms with E-state index in [1.54, 1.807) is 6.92 Å². The summed E-state index contributed by atoms with van der Waals surface area (Å²) in [5, 5.41) is 21.7. The van der Waals surface area contributed by atoms with Crippen LogP contribution in [0, 0.1) is 11.8 Å². The van der Waals surface area contributed by atoms with Gasteiger partial charge in [-0.3, -0.25) is 4.79 Å². The first-order valence-corrected chi connectivity index (χ1v) is 10.6. The second-order valence-corrected chi connectivity index (χ2v) is 9.22. The molecule has 7 nitrogen and oxygen atoms in total. The molecule has 148 valence electrons. The van der Waals surface area contributed by atoms with Crippen molar-refractivity contribution in [3.63, 3.8) is 0 Å². The molecule has 9 heteroatoms. The highest BCUT2D eigenvalue weighted by Crippen LogP contribution is 2.52. The highest BCUT2D eigenvalue weighted by molar-refractivity contribution is 8.04. The Kier molecular flexibility index (Phi) is 4.84. The normalized spacial score (nSPS) is 25.1. The summed E-state index contributed by atoms with van der Waals surface area (Å²) >= 11 is 2.70. The number of carbonyl (C=O) groups is 2. The Hall–Kier alpha value is -2.10. The molecule has 0 radical (unpaired) electrons. The van der Waals surface area contributed by atoms with Crippen LogP contribution in [0.25, 0.3) is 10.2 Å². The van der Waals surface area contributed by atoms with Gasteiger partial charge in [-0.2, -0.15) is 0 Å². The van der Waals surface area contributed by atoms with Gasteiger partial charge >= 0.3 is 0 Å². The lowest BCUT2D eigenvalue weighted by atomic mass is 9.79. The van der Waals surface area contributed by atoms with E-state index < -0.39 is 18.0 Å². The fraction of sp³-hybridized carbons (Fsp3) is 0.421. The fourth-order valence-electron chi connectivity index (χ4n) is 3.93. The summed E-state index contributed by atoms with van der Waals surface area (Å²) in [7, 11) is 0. The number of carboxylic acids is 1. The summed E-state index contributed by atoms with van der Waals surface area (Å²) in [6, 6.07) is 5.27. The van der Waals surface area contributed by atoms with Crippen molar-refractivity contribution in [2.45, 2.75) is 37.3 Å². The smallest absolute Gasteiger partial charge is 0.235 e. The minimum Gasteiger partial charge on any atom is -0.543 e. The van der Waals surface area contributed by atoms with Crippen molar-refractivity contribution in [2.75, 3.05) is 6.61 Å². The zero-order valence-corrected chi connectivity index (χ0v) is 17.2. The van der Waals surface area contributed by atoms with Gasteiger partial charge in [0.1, 0.15) is 5.75 Å². The van der Waals surface area contributed by atoms with Crippen LogP contribution in [0.15, 0.2) is 33.1 Å². The van der Waals surface area contributed by atoms with Crippen molar-refractivity contribution in [2.24, 2.45) is 11.8 Å². The largest absolute Gasteiger partial charge is 0.543 e. The second kappa shape index (κ2) is 7.06. The topological polar surface area (TPSA) is 103 Å². The number of hydrogen-bond donors (Lipinski definition) is 1. The third-order valence-corrected chi connectivity index (χ3v) is 7.51. The number of carbonyl (C=O) groups excluding carboxylic acids is 2. The minimum absolute atomic E-state index is 0.0985. The molecule has 2 aliphatic heterocycles. The van der Waals surface area contributed by atoms with Gasteiger partial charge in [0.2, 0.25) is 5.91 Å². The number of aliphatic hydroxyl groups is 1. The average Bonchev–Trinajstić information content (AvgIpc) is 3.12. The predicted octanol–water partition coefficient (Wildman–Crippen LogP) is 1.61. The Morgan fingerprint density at radius 3 is 2.89 bits per heavy atom. The van der Waals surface area contributed by atoms with E-state index in [1.165, 1.54) is 28.0 Å². The van der Waals surface area contributed by atoms with E-state index in [2.05, 4.69) is 4.98 Å². The zero-order valence-electron chi connectivity index (χ0n) is 15.5. The van der Waals surface area contributed by atoms with E-state index >= 15 is 0 Å². The zero-order chi connectivity index (χ0) is 20.2. The van der Waals surface area contributed by atoms with Gasteiger partial charge in [0.25, 0.3) is 0 Å². The van der Waals surface area contributed by atoms with E-state index in [4.69, 9.17) is 4.74 Å². The maximum absolute atomic E-state index is 12.4. The third kappa shape index (κ3) is 2.89. The van der Waals surface area contributed by atoms with Crippen molar-refractivity contribution < 1.29 is 24.5 Å². The van der Waals surface area contributed by atoms with Gasteiger partial charge in [-0.05, 0) is 32.0 Å². The second-order valence-electron chi connectivity index (χ2n) is 6.90. The van der Waals surface area contributed by atoms with Crippen molar-refractivity contribution in [3.05, 3.63) is 28.8 Å². The maximum Gasteiger partial charge on any atom is 0.235 e.